The number of carbonyl (C=O) groups is 1. The molecule has 0 amide bonds. The largest absolute Gasteiger partial charge is 0.462 e. The van der Waals surface area contributed by atoms with E-state index in [1.54, 1.807) is 6.92 Å². The summed E-state index contributed by atoms with van der Waals surface area (Å²) in [7, 11) is -2.52. The number of hydrogen-bond donors (Lipinski definition) is 2. The molecule has 2 aromatic heterocycles. The highest BCUT2D eigenvalue weighted by atomic mass is 35.5. The molecule has 0 bridgehead atoms. The molecule has 9 nitrogen and oxygen atoms in total. The first-order valence-electron chi connectivity index (χ1n) is 6.20. The van der Waals surface area contributed by atoms with Gasteiger partial charge in [-0.1, -0.05) is 11.6 Å². The summed E-state index contributed by atoms with van der Waals surface area (Å²) in [6, 6.07) is 0. The predicted molar refractivity (Wildman–Crippen MR) is 78.3 cm³/mol. The second kappa shape index (κ2) is 5.97. The summed E-state index contributed by atoms with van der Waals surface area (Å²) < 4.78 is 33.2. The van der Waals surface area contributed by atoms with Crippen molar-refractivity contribution in [3.8, 4) is 0 Å². The lowest BCUT2D eigenvalue weighted by Gasteiger charge is -2.07. The van der Waals surface area contributed by atoms with E-state index in [2.05, 4.69) is 20.0 Å². The number of aromatic amines is 1. The lowest BCUT2D eigenvalue weighted by atomic mass is 10.3. The van der Waals surface area contributed by atoms with Crippen LogP contribution in [0.4, 0.5) is 5.82 Å². The van der Waals surface area contributed by atoms with Crippen molar-refractivity contribution in [1.29, 1.82) is 0 Å². The first-order valence-corrected chi connectivity index (χ1v) is 8.06. The summed E-state index contributed by atoms with van der Waals surface area (Å²) in [6.07, 6.45) is 1.17. The van der Waals surface area contributed by atoms with Crippen molar-refractivity contribution < 1.29 is 17.9 Å². The zero-order valence-electron chi connectivity index (χ0n) is 12.0. The summed E-state index contributed by atoms with van der Waals surface area (Å²) in [5.41, 5.74) is 0.209. The topological polar surface area (TPSA) is 119 Å². The van der Waals surface area contributed by atoms with Crippen molar-refractivity contribution in [2.75, 3.05) is 11.3 Å². The smallest absolute Gasteiger partial charge is 0.343 e. The fraction of sp³-hybridized carbons (Fsp3) is 0.364. The third-order valence-corrected chi connectivity index (χ3v) is 4.78. The van der Waals surface area contributed by atoms with E-state index in [-0.39, 0.29) is 33.7 Å². The third kappa shape index (κ3) is 2.92. The summed E-state index contributed by atoms with van der Waals surface area (Å²) in [5, 5.41) is 9.95. The molecule has 120 valence electrons. The maximum atomic E-state index is 12.4. The molecule has 2 N–H and O–H groups in total. The Bertz CT molecular complexity index is 811. The second-order valence-corrected chi connectivity index (χ2v) is 6.29. The lowest BCUT2D eigenvalue weighted by Crippen LogP contribution is -2.17. The van der Waals surface area contributed by atoms with Crippen LogP contribution in [-0.4, -0.2) is 41.0 Å². The van der Waals surface area contributed by atoms with E-state index in [4.69, 9.17) is 16.3 Å². The first kappa shape index (κ1) is 16.3. The van der Waals surface area contributed by atoms with Crippen molar-refractivity contribution in [2.24, 2.45) is 7.05 Å². The van der Waals surface area contributed by atoms with E-state index < -0.39 is 16.0 Å². The van der Waals surface area contributed by atoms with E-state index >= 15 is 0 Å². The Kier molecular flexibility index (Phi) is 4.42. The van der Waals surface area contributed by atoms with Gasteiger partial charge in [0.15, 0.2) is 0 Å². The van der Waals surface area contributed by atoms with Gasteiger partial charge < -0.3 is 4.74 Å². The Morgan fingerprint density at radius 3 is 2.77 bits per heavy atom. The van der Waals surface area contributed by atoms with Crippen molar-refractivity contribution in [2.45, 2.75) is 18.7 Å². The van der Waals surface area contributed by atoms with Gasteiger partial charge in [0.2, 0.25) is 0 Å². The van der Waals surface area contributed by atoms with E-state index in [1.807, 2.05) is 0 Å². The van der Waals surface area contributed by atoms with Crippen molar-refractivity contribution in [1.82, 2.24) is 20.0 Å². The number of anilines is 1. The molecule has 0 spiro atoms. The van der Waals surface area contributed by atoms with Crippen molar-refractivity contribution in [3.63, 3.8) is 0 Å². The SMILES string of the molecule is CCOC(=O)c1cn[nH]c1NS(=O)(=O)c1c(C)nn(C)c1Cl. The van der Waals surface area contributed by atoms with Gasteiger partial charge in [-0.15, -0.1) is 0 Å². The van der Waals surface area contributed by atoms with Crippen LogP contribution in [0.25, 0.3) is 0 Å². The minimum atomic E-state index is -4.04. The average molecular weight is 348 g/mol. The maximum Gasteiger partial charge on any atom is 0.343 e. The predicted octanol–water partition coefficient (Wildman–Crippen LogP) is 1.08. The molecule has 0 aliphatic carbocycles. The summed E-state index contributed by atoms with van der Waals surface area (Å²) >= 11 is 5.95. The van der Waals surface area contributed by atoms with Gasteiger partial charge in [0.05, 0.1) is 18.5 Å². The van der Waals surface area contributed by atoms with Crippen molar-refractivity contribution >= 4 is 33.4 Å². The molecule has 2 rings (SSSR count). The molecule has 0 aliphatic heterocycles. The highest BCUT2D eigenvalue weighted by Crippen LogP contribution is 2.26. The zero-order chi connectivity index (χ0) is 16.5. The number of hydrogen-bond acceptors (Lipinski definition) is 6. The van der Waals surface area contributed by atoms with Crippen LogP contribution in [0.3, 0.4) is 0 Å². The van der Waals surface area contributed by atoms with Crippen LogP contribution in [0.15, 0.2) is 11.1 Å². The first-order chi connectivity index (χ1) is 10.3. The number of aryl methyl sites for hydroxylation is 2. The van der Waals surface area contributed by atoms with E-state index in [9.17, 15) is 13.2 Å². The number of esters is 1. The number of halogens is 1. The Balaban J connectivity index is 2.38. The molecule has 0 radical (unpaired) electrons. The van der Waals surface area contributed by atoms with Gasteiger partial charge >= 0.3 is 5.97 Å². The van der Waals surface area contributed by atoms with Crippen LogP contribution in [0, 0.1) is 6.92 Å². The van der Waals surface area contributed by atoms with Crippen LogP contribution < -0.4 is 4.72 Å². The molecule has 22 heavy (non-hydrogen) atoms. The van der Waals surface area contributed by atoms with Gasteiger partial charge in [0.1, 0.15) is 21.4 Å². The molecule has 0 saturated heterocycles. The molecule has 0 aliphatic rings. The molecule has 0 saturated carbocycles. The van der Waals surface area contributed by atoms with Crippen LogP contribution >= 0.6 is 11.6 Å². The monoisotopic (exact) mass is 347 g/mol. The number of ether oxygens (including phenoxy) is 1. The molecule has 0 atom stereocenters. The summed E-state index contributed by atoms with van der Waals surface area (Å²) in [4.78, 5) is 11.6. The summed E-state index contributed by atoms with van der Waals surface area (Å²) in [5.74, 6) is -0.791. The zero-order valence-corrected chi connectivity index (χ0v) is 13.6. The Labute approximate surface area is 131 Å². The summed E-state index contributed by atoms with van der Waals surface area (Å²) in [6.45, 7) is 3.31. The fourth-order valence-electron chi connectivity index (χ4n) is 1.83. The number of H-pyrrole nitrogens is 1. The fourth-order valence-corrected chi connectivity index (χ4v) is 3.62. The van der Waals surface area contributed by atoms with E-state index in [0.29, 0.717) is 0 Å². The average Bonchev–Trinajstić information content (AvgIpc) is 2.95. The number of sulfonamides is 1. The Hall–Kier alpha value is -2.07. The van der Waals surface area contributed by atoms with Crippen LogP contribution in [0.2, 0.25) is 5.15 Å². The van der Waals surface area contributed by atoms with Crippen molar-refractivity contribution in [3.05, 3.63) is 22.6 Å². The van der Waals surface area contributed by atoms with Crippen LogP contribution in [0.1, 0.15) is 23.0 Å². The van der Waals surface area contributed by atoms with Gasteiger partial charge in [-0.3, -0.25) is 14.5 Å². The molecule has 2 heterocycles. The highest BCUT2D eigenvalue weighted by Gasteiger charge is 2.27. The molecule has 11 heteroatoms. The Morgan fingerprint density at radius 2 is 2.23 bits per heavy atom. The number of nitrogens with one attached hydrogen (secondary N) is 2. The molecule has 0 fully saturated rings. The van der Waals surface area contributed by atoms with Gasteiger partial charge in [0.25, 0.3) is 10.0 Å². The van der Waals surface area contributed by atoms with Crippen LogP contribution in [0.5, 0.6) is 0 Å². The molecular formula is C11H14ClN5O4S. The van der Waals surface area contributed by atoms with E-state index in [0.717, 1.165) is 0 Å². The molecule has 0 aromatic carbocycles. The second-order valence-electron chi connectivity index (χ2n) is 4.31. The van der Waals surface area contributed by atoms with Gasteiger partial charge in [-0.25, -0.2) is 13.2 Å². The maximum absolute atomic E-state index is 12.4. The van der Waals surface area contributed by atoms with Gasteiger partial charge in [-0.05, 0) is 13.8 Å². The highest BCUT2D eigenvalue weighted by molar-refractivity contribution is 7.92. The van der Waals surface area contributed by atoms with E-state index in [1.165, 1.54) is 24.9 Å². The third-order valence-electron chi connectivity index (χ3n) is 2.74. The van der Waals surface area contributed by atoms with Gasteiger partial charge in [-0.2, -0.15) is 10.2 Å². The standard InChI is InChI=1S/C11H14ClN5O4S/c1-4-21-11(18)7-5-13-14-10(7)16-22(19,20)8-6(2)15-17(3)9(8)12/h5H,4H2,1-3H3,(H2,13,14,16). The number of nitrogens with zero attached hydrogens (tertiary/aromatic N) is 3. The van der Waals surface area contributed by atoms with Crippen LogP contribution in [-0.2, 0) is 21.8 Å². The minimum Gasteiger partial charge on any atom is -0.462 e. The number of rotatable bonds is 5. The Morgan fingerprint density at radius 1 is 1.55 bits per heavy atom. The molecular weight excluding hydrogens is 334 g/mol. The quantitative estimate of drug-likeness (QED) is 0.781. The van der Waals surface area contributed by atoms with Gasteiger partial charge in [0, 0.05) is 7.05 Å². The minimum absolute atomic E-state index is 0.0249. The molecule has 2 aromatic rings. The number of aromatic nitrogens is 4. The lowest BCUT2D eigenvalue weighted by molar-refractivity contribution is 0.0527. The normalized spacial score (nSPS) is 11.5. The molecule has 0 unspecified atom stereocenters. The number of carbonyl (C=O) groups excluding carboxylic acids is 1.